The Balaban J connectivity index is 2.64. The topological polar surface area (TPSA) is 34.0 Å². The van der Waals surface area contributed by atoms with Gasteiger partial charge in [-0.15, -0.1) is 0 Å². The van der Waals surface area contributed by atoms with Crippen LogP contribution in [0.25, 0.3) is 0 Å². The molecule has 1 aromatic heterocycles. The summed E-state index contributed by atoms with van der Waals surface area (Å²) in [7, 11) is 0. The summed E-state index contributed by atoms with van der Waals surface area (Å²) in [6.07, 6.45) is 2.82. The third-order valence-corrected chi connectivity index (χ3v) is 2.67. The maximum absolute atomic E-state index is 11.7. The highest BCUT2D eigenvalue weighted by Crippen LogP contribution is 2.08. The lowest BCUT2D eigenvalue weighted by Crippen LogP contribution is -2.24. The second kappa shape index (κ2) is 6.08. The van der Waals surface area contributed by atoms with Crippen LogP contribution in [0.3, 0.4) is 0 Å². The summed E-state index contributed by atoms with van der Waals surface area (Å²) >= 11 is 3.39. The van der Waals surface area contributed by atoms with Crippen molar-refractivity contribution in [1.29, 1.82) is 0 Å². The molecular weight excluding hydrogens is 256 g/mol. The molecule has 0 saturated carbocycles. The van der Waals surface area contributed by atoms with Crippen LogP contribution in [0.15, 0.2) is 21.5 Å². The van der Waals surface area contributed by atoms with Crippen molar-refractivity contribution in [2.24, 2.45) is 0 Å². The van der Waals surface area contributed by atoms with Gasteiger partial charge in [0.25, 0.3) is 5.56 Å². The van der Waals surface area contributed by atoms with Gasteiger partial charge < -0.3 is 9.88 Å². The maximum Gasteiger partial charge on any atom is 0.253 e. The normalized spacial score (nSPS) is 10.6. The molecule has 0 radical (unpaired) electrons. The first-order valence-electron chi connectivity index (χ1n) is 5.22. The molecule has 1 N–H and O–H groups in total. The third-order valence-electron chi connectivity index (χ3n) is 2.23. The zero-order valence-corrected chi connectivity index (χ0v) is 10.8. The number of pyridine rings is 1. The van der Waals surface area contributed by atoms with E-state index in [4.69, 9.17) is 0 Å². The molecule has 0 atom stereocenters. The van der Waals surface area contributed by atoms with Crippen molar-refractivity contribution in [2.75, 3.05) is 13.1 Å². The van der Waals surface area contributed by atoms with Gasteiger partial charge in [-0.25, -0.2) is 0 Å². The fourth-order valence-electron chi connectivity index (χ4n) is 1.46. The molecule has 0 aliphatic heterocycles. The Labute approximate surface area is 98.6 Å². The third kappa shape index (κ3) is 3.80. The largest absolute Gasteiger partial charge is 0.317 e. The molecule has 0 spiro atoms. The number of nitrogens with one attached hydrogen (secondary N) is 1. The first kappa shape index (κ1) is 12.5. The predicted molar refractivity (Wildman–Crippen MR) is 66.3 cm³/mol. The molecule has 0 aliphatic rings. The molecule has 0 aromatic carbocycles. The predicted octanol–water partition coefficient (Wildman–Crippen LogP) is 1.92. The number of hydrogen-bond acceptors (Lipinski definition) is 2. The number of nitrogens with zero attached hydrogens (tertiary/aromatic N) is 1. The quantitative estimate of drug-likeness (QED) is 0.832. The van der Waals surface area contributed by atoms with E-state index in [1.54, 1.807) is 4.57 Å². The number of aryl methyl sites for hydroxylation is 2. The fourth-order valence-corrected chi connectivity index (χ4v) is 2.05. The second-order valence-corrected chi connectivity index (χ2v) is 4.46. The van der Waals surface area contributed by atoms with Crippen LogP contribution in [0, 0.1) is 6.92 Å². The summed E-state index contributed by atoms with van der Waals surface area (Å²) in [5, 5.41) is 3.24. The Hall–Kier alpha value is -0.610. The van der Waals surface area contributed by atoms with E-state index in [0.29, 0.717) is 0 Å². The SMILES string of the molecule is CCNCCCn1cc(Br)cc(C)c1=O. The highest BCUT2D eigenvalue weighted by molar-refractivity contribution is 9.10. The van der Waals surface area contributed by atoms with Gasteiger partial charge in [-0.1, -0.05) is 6.92 Å². The molecule has 1 heterocycles. The molecule has 4 heteroatoms. The monoisotopic (exact) mass is 272 g/mol. The minimum Gasteiger partial charge on any atom is -0.317 e. The summed E-state index contributed by atoms with van der Waals surface area (Å²) in [6.45, 7) is 6.62. The van der Waals surface area contributed by atoms with Gasteiger partial charge in [0.1, 0.15) is 0 Å². The van der Waals surface area contributed by atoms with Gasteiger partial charge in [-0.2, -0.15) is 0 Å². The average molecular weight is 273 g/mol. The minimum absolute atomic E-state index is 0.106. The Morgan fingerprint density at radius 3 is 2.93 bits per heavy atom. The zero-order valence-electron chi connectivity index (χ0n) is 9.22. The molecular formula is C11H17BrN2O. The van der Waals surface area contributed by atoms with Crippen LogP contribution in [0.2, 0.25) is 0 Å². The summed E-state index contributed by atoms with van der Waals surface area (Å²) in [5.41, 5.74) is 0.891. The molecule has 0 bridgehead atoms. The molecule has 3 nitrogen and oxygen atoms in total. The number of rotatable bonds is 5. The number of aromatic nitrogens is 1. The summed E-state index contributed by atoms with van der Waals surface area (Å²) in [4.78, 5) is 11.7. The molecule has 0 aliphatic carbocycles. The van der Waals surface area contributed by atoms with Crippen molar-refractivity contribution >= 4 is 15.9 Å². The smallest absolute Gasteiger partial charge is 0.253 e. The number of halogens is 1. The van der Waals surface area contributed by atoms with Gasteiger partial charge >= 0.3 is 0 Å². The van der Waals surface area contributed by atoms with E-state index in [9.17, 15) is 4.79 Å². The van der Waals surface area contributed by atoms with E-state index in [0.717, 1.165) is 36.1 Å². The van der Waals surface area contributed by atoms with E-state index < -0.39 is 0 Å². The van der Waals surface area contributed by atoms with Gasteiger partial charge in [0.2, 0.25) is 0 Å². The maximum atomic E-state index is 11.7. The zero-order chi connectivity index (χ0) is 11.3. The lowest BCUT2D eigenvalue weighted by molar-refractivity contribution is 0.577. The van der Waals surface area contributed by atoms with E-state index in [-0.39, 0.29) is 5.56 Å². The lowest BCUT2D eigenvalue weighted by Gasteiger charge is -2.07. The Morgan fingerprint density at radius 1 is 1.53 bits per heavy atom. The molecule has 1 aromatic rings. The van der Waals surface area contributed by atoms with Gasteiger partial charge in [-0.05, 0) is 48.4 Å². The van der Waals surface area contributed by atoms with Crippen molar-refractivity contribution in [3.63, 3.8) is 0 Å². The van der Waals surface area contributed by atoms with E-state index in [1.807, 2.05) is 19.2 Å². The van der Waals surface area contributed by atoms with Crippen molar-refractivity contribution in [1.82, 2.24) is 9.88 Å². The van der Waals surface area contributed by atoms with Crippen LogP contribution in [-0.4, -0.2) is 17.7 Å². The Morgan fingerprint density at radius 2 is 2.27 bits per heavy atom. The first-order chi connectivity index (χ1) is 7.15. The standard InChI is InChI=1S/C11H17BrN2O/c1-3-13-5-4-6-14-8-10(12)7-9(2)11(14)15/h7-8,13H,3-6H2,1-2H3. The Bertz CT molecular complexity index is 373. The highest BCUT2D eigenvalue weighted by Gasteiger charge is 2.00. The van der Waals surface area contributed by atoms with Crippen LogP contribution < -0.4 is 10.9 Å². The van der Waals surface area contributed by atoms with Gasteiger partial charge in [0, 0.05) is 22.8 Å². The van der Waals surface area contributed by atoms with Crippen LogP contribution >= 0.6 is 15.9 Å². The lowest BCUT2D eigenvalue weighted by atomic mass is 10.3. The van der Waals surface area contributed by atoms with Crippen LogP contribution in [0.1, 0.15) is 18.9 Å². The summed E-state index contributed by atoms with van der Waals surface area (Å²) in [5.74, 6) is 0. The van der Waals surface area contributed by atoms with Crippen molar-refractivity contribution in [3.8, 4) is 0 Å². The van der Waals surface area contributed by atoms with Crippen LogP contribution in [0.5, 0.6) is 0 Å². The Kier molecular flexibility index (Phi) is 5.05. The molecule has 0 saturated heterocycles. The summed E-state index contributed by atoms with van der Waals surface area (Å²) < 4.78 is 2.72. The molecule has 0 amide bonds. The molecule has 0 unspecified atom stereocenters. The van der Waals surface area contributed by atoms with E-state index in [1.165, 1.54) is 0 Å². The van der Waals surface area contributed by atoms with Crippen molar-refractivity contribution in [2.45, 2.75) is 26.8 Å². The first-order valence-corrected chi connectivity index (χ1v) is 6.01. The molecule has 1 rings (SSSR count). The van der Waals surface area contributed by atoms with Crippen LogP contribution in [0.4, 0.5) is 0 Å². The number of hydrogen-bond donors (Lipinski definition) is 1. The fraction of sp³-hybridized carbons (Fsp3) is 0.545. The molecule has 84 valence electrons. The average Bonchev–Trinajstić information content (AvgIpc) is 2.19. The molecule has 0 fully saturated rings. The van der Waals surface area contributed by atoms with Gasteiger partial charge in [0.15, 0.2) is 0 Å². The van der Waals surface area contributed by atoms with Crippen molar-refractivity contribution in [3.05, 3.63) is 32.7 Å². The van der Waals surface area contributed by atoms with Gasteiger partial charge in [-0.3, -0.25) is 4.79 Å². The summed E-state index contributed by atoms with van der Waals surface area (Å²) in [6, 6.07) is 1.85. The van der Waals surface area contributed by atoms with Crippen LogP contribution in [-0.2, 0) is 6.54 Å². The van der Waals surface area contributed by atoms with E-state index in [2.05, 4.69) is 28.2 Å². The van der Waals surface area contributed by atoms with E-state index >= 15 is 0 Å². The van der Waals surface area contributed by atoms with Gasteiger partial charge in [0.05, 0.1) is 0 Å². The van der Waals surface area contributed by atoms with Crippen molar-refractivity contribution < 1.29 is 0 Å². The highest BCUT2D eigenvalue weighted by atomic mass is 79.9. The second-order valence-electron chi connectivity index (χ2n) is 3.55. The molecule has 15 heavy (non-hydrogen) atoms. The minimum atomic E-state index is 0.106.